The molecular weight excluding hydrogens is 340 g/mol. The zero-order valence-corrected chi connectivity index (χ0v) is 16.2. The molecule has 2 aromatic carbocycles. The quantitative estimate of drug-likeness (QED) is 0.751. The van der Waals surface area contributed by atoms with Crippen molar-refractivity contribution in [3.05, 3.63) is 54.1 Å². The largest absolute Gasteiger partial charge is 0.497 e. The molecule has 0 atom stereocenters. The van der Waals surface area contributed by atoms with Crippen molar-refractivity contribution in [2.24, 2.45) is 0 Å². The molecular formula is C22H28N2O3. The number of methoxy groups -OCH3 is 1. The van der Waals surface area contributed by atoms with Crippen LogP contribution in [0.1, 0.15) is 18.9 Å². The van der Waals surface area contributed by atoms with E-state index in [9.17, 15) is 4.79 Å². The van der Waals surface area contributed by atoms with Gasteiger partial charge in [-0.25, -0.2) is 0 Å². The minimum absolute atomic E-state index is 0.235. The topological polar surface area (TPSA) is 42.0 Å². The third-order valence-corrected chi connectivity index (χ3v) is 4.93. The van der Waals surface area contributed by atoms with Crippen molar-refractivity contribution in [2.75, 3.05) is 44.8 Å². The van der Waals surface area contributed by atoms with Gasteiger partial charge in [0.05, 0.1) is 13.7 Å². The highest BCUT2D eigenvalue weighted by atomic mass is 16.5. The fraction of sp³-hybridized carbons (Fsp3) is 0.409. The molecule has 5 nitrogen and oxygen atoms in total. The predicted molar refractivity (Wildman–Crippen MR) is 108 cm³/mol. The minimum Gasteiger partial charge on any atom is -0.497 e. The Morgan fingerprint density at radius 2 is 1.56 bits per heavy atom. The number of hydrogen-bond acceptors (Lipinski definition) is 4. The Labute approximate surface area is 161 Å². The lowest BCUT2D eigenvalue weighted by Gasteiger charge is -2.36. The fourth-order valence-corrected chi connectivity index (χ4v) is 3.34. The molecule has 5 heteroatoms. The number of anilines is 1. The van der Waals surface area contributed by atoms with Crippen LogP contribution in [-0.4, -0.2) is 50.7 Å². The lowest BCUT2D eigenvalue weighted by atomic mass is 10.1. The highest BCUT2D eigenvalue weighted by Crippen LogP contribution is 2.21. The van der Waals surface area contributed by atoms with Crippen LogP contribution in [0.5, 0.6) is 11.5 Å². The molecule has 1 fully saturated rings. The average molecular weight is 368 g/mol. The molecule has 0 radical (unpaired) electrons. The number of carbonyl (C=O) groups excluding carboxylic acids is 1. The lowest BCUT2D eigenvalue weighted by molar-refractivity contribution is -0.131. The van der Waals surface area contributed by atoms with Crippen molar-refractivity contribution >= 4 is 11.6 Å². The van der Waals surface area contributed by atoms with Crippen LogP contribution < -0.4 is 14.4 Å². The molecule has 144 valence electrons. The summed E-state index contributed by atoms with van der Waals surface area (Å²) in [5, 5.41) is 0. The van der Waals surface area contributed by atoms with Gasteiger partial charge in [-0.05, 0) is 55.3 Å². The maximum Gasteiger partial charge on any atom is 0.223 e. The Hall–Kier alpha value is -2.69. The number of carbonyl (C=O) groups is 1. The second-order valence-corrected chi connectivity index (χ2v) is 6.64. The summed E-state index contributed by atoms with van der Waals surface area (Å²) in [6, 6.07) is 16.1. The van der Waals surface area contributed by atoms with Crippen LogP contribution in [0.4, 0.5) is 5.69 Å². The van der Waals surface area contributed by atoms with Gasteiger partial charge in [0.2, 0.25) is 5.91 Å². The smallest absolute Gasteiger partial charge is 0.223 e. The van der Waals surface area contributed by atoms with E-state index in [-0.39, 0.29) is 5.91 Å². The number of ether oxygens (including phenoxy) is 2. The van der Waals surface area contributed by atoms with Crippen molar-refractivity contribution in [3.8, 4) is 11.5 Å². The molecule has 1 heterocycles. The Kier molecular flexibility index (Phi) is 6.58. The summed E-state index contributed by atoms with van der Waals surface area (Å²) in [6.45, 7) is 5.91. The van der Waals surface area contributed by atoms with E-state index in [1.807, 2.05) is 48.2 Å². The summed E-state index contributed by atoms with van der Waals surface area (Å²) < 4.78 is 10.7. The maximum absolute atomic E-state index is 12.5. The second-order valence-electron chi connectivity index (χ2n) is 6.64. The molecule has 0 aliphatic carbocycles. The number of amides is 1. The van der Waals surface area contributed by atoms with E-state index in [0.29, 0.717) is 13.0 Å². The number of nitrogens with zero attached hydrogens (tertiary/aromatic N) is 2. The van der Waals surface area contributed by atoms with E-state index in [1.165, 1.54) is 11.3 Å². The van der Waals surface area contributed by atoms with Gasteiger partial charge in [0.1, 0.15) is 11.5 Å². The Morgan fingerprint density at radius 1 is 0.926 bits per heavy atom. The molecule has 0 aromatic heterocycles. The normalized spacial score (nSPS) is 14.1. The van der Waals surface area contributed by atoms with Gasteiger partial charge in [-0.1, -0.05) is 12.1 Å². The summed E-state index contributed by atoms with van der Waals surface area (Å²) in [5.74, 6) is 1.97. The predicted octanol–water partition coefficient (Wildman–Crippen LogP) is 3.38. The number of benzene rings is 2. The van der Waals surface area contributed by atoms with Crippen molar-refractivity contribution in [1.82, 2.24) is 4.90 Å². The van der Waals surface area contributed by atoms with Crippen LogP contribution in [0.3, 0.4) is 0 Å². The monoisotopic (exact) mass is 368 g/mol. The standard InChI is InChI=1S/C22H28N2O3/c1-3-27-21-9-4-18(5-10-21)6-13-22(25)24-16-14-23(15-17-24)19-7-11-20(26-2)12-8-19/h4-5,7-12H,3,6,13-17H2,1-2H3. The van der Waals surface area contributed by atoms with E-state index in [2.05, 4.69) is 17.0 Å². The van der Waals surface area contributed by atoms with E-state index in [4.69, 9.17) is 9.47 Å². The van der Waals surface area contributed by atoms with Crippen LogP contribution in [0.15, 0.2) is 48.5 Å². The molecule has 1 saturated heterocycles. The lowest BCUT2D eigenvalue weighted by Crippen LogP contribution is -2.48. The van der Waals surface area contributed by atoms with Gasteiger partial charge in [0.25, 0.3) is 0 Å². The van der Waals surface area contributed by atoms with Crippen LogP contribution in [0.25, 0.3) is 0 Å². The molecule has 0 bridgehead atoms. The summed E-state index contributed by atoms with van der Waals surface area (Å²) >= 11 is 0. The van der Waals surface area contributed by atoms with Crippen LogP contribution in [-0.2, 0) is 11.2 Å². The summed E-state index contributed by atoms with van der Waals surface area (Å²) in [4.78, 5) is 16.8. The second kappa shape index (κ2) is 9.31. The van der Waals surface area contributed by atoms with Crippen LogP contribution >= 0.6 is 0 Å². The van der Waals surface area contributed by atoms with E-state index < -0.39 is 0 Å². The Balaban J connectivity index is 1.45. The molecule has 27 heavy (non-hydrogen) atoms. The van der Waals surface area contributed by atoms with E-state index in [0.717, 1.165) is 44.1 Å². The van der Waals surface area contributed by atoms with Gasteiger partial charge in [-0.3, -0.25) is 4.79 Å². The molecule has 1 amide bonds. The van der Waals surface area contributed by atoms with Crippen molar-refractivity contribution in [1.29, 1.82) is 0 Å². The molecule has 0 spiro atoms. The molecule has 0 unspecified atom stereocenters. The van der Waals surface area contributed by atoms with Gasteiger partial charge < -0.3 is 19.3 Å². The van der Waals surface area contributed by atoms with Crippen LogP contribution in [0.2, 0.25) is 0 Å². The third-order valence-electron chi connectivity index (χ3n) is 4.93. The van der Waals surface area contributed by atoms with Gasteiger partial charge >= 0.3 is 0 Å². The number of aryl methyl sites for hydroxylation is 1. The minimum atomic E-state index is 0.235. The summed E-state index contributed by atoms with van der Waals surface area (Å²) in [6.07, 6.45) is 1.32. The molecule has 2 aromatic rings. The van der Waals surface area contributed by atoms with Crippen LogP contribution in [0, 0.1) is 0 Å². The molecule has 0 saturated carbocycles. The maximum atomic E-state index is 12.5. The van der Waals surface area contributed by atoms with E-state index in [1.54, 1.807) is 7.11 Å². The first-order chi connectivity index (χ1) is 13.2. The first kappa shape index (κ1) is 19.1. The summed E-state index contributed by atoms with van der Waals surface area (Å²) in [5.41, 5.74) is 2.35. The number of hydrogen-bond donors (Lipinski definition) is 0. The summed E-state index contributed by atoms with van der Waals surface area (Å²) in [7, 11) is 1.67. The zero-order chi connectivity index (χ0) is 19.1. The van der Waals surface area contributed by atoms with Gasteiger partial charge in [0, 0.05) is 38.3 Å². The highest BCUT2D eigenvalue weighted by molar-refractivity contribution is 5.76. The van der Waals surface area contributed by atoms with Gasteiger partial charge in [0.15, 0.2) is 0 Å². The van der Waals surface area contributed by atoms with Crippen molar-refractivity contribution < 1.29 is 14.3 Å². The van der Waals surface area contributed by atoms with E-state index >= 15 is 0 Å². The molecule has 1 aliphatic heterocycles. The zero-order valence-electron chi connectivity index (χ0n) is 16.2. The molecule has 0 N–H and O–H groups in total. The van der Waals surface area contributed by atoms with Crippen molar-refractivity contribution in [2.45, 2.75) is 19.8 Å². The molecule has 1 aliphatic rings. The first-order valence-electron chi connectivity index (χ1n) is 9.58. The van der Waals surface area contributed by atoms with Gasteiger partial charge in [-0.15, -0.1) is 0 Å². The molecule has 3 rings (SSSR count). The first-order valence-corrected chi connectivity index (χ1v) is 9.58. The Bertz CT molecular complexity index is 720. The average Bonchev–Trinajstić information content (AvgIpc) is 2.73. The van der Waals surface area contributed by atoms with Crippen molar-refractivity contribution in [3.63, 3.8) is 0 Å². The Morgan fingerprint density at radius 3 is 2.15 bits per heavy atom. The number of piperazine rings is 1. The highest BCUT2D eigenvalue weighted by Gasteiger charge is 2.21. The van der Waals surface area contributed by atoms with Gasteiger partial charge in [-0.2, -0.15) is 0 Å². The fourth-order valence-electron chi connectivity index (χ4n) is 3.34. The third kappa shape index (κ3) is 5.16. The SMILES string of the molecule is CCOc1ccc(CCC(=O)N2CCN(c3ccc(OC)cc3)CC2)cc1. The number of rotatable bonds is 7.